The summed E-state index contributed by atoms with van der Waals surface area (Å²) in [5.74, 6) is 0.112. The van der Waals surface area contributed by atoms with Crippen molar-refractivity contribution >= 4 is 22.9 Å². The van der Waals surface area contributed by atoms with Gasteiger partial charge in [0.25, 0.3) is 0 Å². The number of nitrogens with two attached hydrogens (primary N) is 1. The van der Waals surface area contributed by atoms with E-state index in [-0.39, 0.29) is 11.9 Å². The van der Waals surface area contributed by atoms with Crippen LogP contribution in [-0.2, 0) is 4.79 Å². The minimum absolute atomic E-state index is 0.301. The van der Waals surface area contributed by atoms with Crippen LogP contribution in [0.3, 0.4) is 0 Å². The van der Waals surface area contributed by atoms with E-state index in [4.69, 9.17) is 5.73 Å². The first-order valence-electron chi connectivity index (χ1n) is 7.16. The van der Waals surface area contributed by atoms with Gasteiger partial charge in [-0.3, -0.25) is 4.79 Å². The van der Waals surface area contributed by atoms with Crippen molar-refractivity contribution in [1.82, 2.24) is 0 Å². The highest BCUT2D eigenvalue weighted by atomic mass is 32.1. The Kier molecular flexibility index (Phi) is 5.02. The maximum absolute atomic E-state index is 11.6. The van der Waals surface area contributed by atoms with Gasteiger partial charge in [0.2, 0.25) is 5.91 Å². The Hall–Kier alpha value is -1.81. The number of aryl methyl sites for hydroxylation is 1. The molecule has 112 valence electrons. The third-order valence-electron chi connectivity index (χ3n) is 3.40. The van der Waals surface area contributed by atoms with Crippen molar-refractivity contribution in [2.24, 2.45) is 11.7 Å². The molecule has 1 heterocycles. The monoisotopic (exact) mass is 302 g/mol. The van der Waals surface area contributed by atoms with E-state index in [0.717, 1.165) is 23.2 Å². The van der Waals surface area contributed by atoms with Crippen molar-refractivity contribution in [1.29, 1.82) is 0 Å². The smallest absolute Gasteiger partial charge is 0.239 e. The van der Waals surface area contributed by atoms with E-state index in [9.17, 15) is 4.79 Å². The number of carbonyl (C=O) groups is 1. The van der Waals surface area contributed by atoms with Crippen LogP contribution in [0.1, 0.15) is 25.8 Å². The maximum Gasteiger partial charge on any atom is 0.239 e. The van der Waals surface area contributed by atoms with Gasteiger partial charge in [-0.1, -0.05) is 43.7 Å². The molecule has 1 aromatic carbocycles. The Labute approximate surface area is 130 Å². The van der Waals surface area contributed by atoms with E-state index in [1.54, 1.807) is 11.3 Å². The number of primary amides is 1. The molecule has 3 nitrogen and oxygen atoms in total. The molecule has 1 amide bonds. The molecule has 0 aliphatic heterocycles. The van der Waals surface area contributed by atoms with Crippen molar-refractivity contribution in [3.63, 3.8) is 0 Å². The minimum Gasteiger partial charge on any atom is -0.373 e. The Morgan fingerprint density at radius 1 is 1.24 bits per heavy atom. The Bertz CT molecular complexity index is 602. The normalized spacial score (nSPS) is 12.4. The lowest BCUT2D eigenvalue weighted by Gasteiger charge is -2.19. The van der Waals surface area contributed by atoms with E-state index in [2.05, 4.69) is 55.7 Å². The van der Waals surface area contributed by atoms with Crippen LogP contribution in [0.4, 0.5) is 5.69 Å². The number of amides is 1. The lowest BCUT2D eigenvalue weighted by Crippen LogP contribution is -2.36. The molecule has 0 spiro atoms. The molecule has 0 unspecified atom stereocenters. The average molecular weight is 302 g/mol. The van der Waals surface area contributed by atoms with Crippen LogP contribution in [0.2, 0.25) is 0 Å². The van der Waals surface area contributed by atoms with Crippen molar-refractivity contribution in [3.05, 3.63) is 40.6 Å². The van der Waals surface area contributed by atoms with Crippen LogP contribution < -0.4 is 11.1 Å². The van der Waals surface area contributed by atoms with Crippen LogP contribution >= 0.6 is 11.3 Å². The lowest BCUT2D eigenvalue weighted by atomic mass is 10.0. The highest BCUT2D eigenvalue weighted by Crippen LogP contribution is 2.32. The highest BCUT2D eigenvalue weighted by Gasteiger charge is 2.18. The molecule has 21 heavy (non-hydrogen) atoms. The van der Waals surface area contributed by atoms with Gasteiger partial charge in [0.1, 0.15) is 6.04 Å². The number of rotatable bonds is 6. The first kappa shape index (κ1) is 15.6. The molecule has 0 saturated heterocycles. The molecule has 0 bridgehead atoms. The van der Waals surface area contributed by atoms with Crippen LogP contribution in [-0.4, -0.2) is 11.9 Å². The molecule has 1 atom stereocenters. The van der Waals surface area contributed by atoms with Crippen LogP contribution in [0.15, 0.2) is 35.0 Å². The summed E-state index contributed by atoms with van der Waals surface area (Å²) < 4.78 is 0. The van der Waals surface area contributed by atoms with Crippen molar-refractivity contribution in [2.45, 2.75) is 33.2 Å². The predicted molar refractivity (Wildman–Crippen MR) is 90.6 cm³/mol. The van der Waals surface area contributed by atoms with Gasteiger partial charge in [0.15, 0.2) is 0 Å². The second-order valence-electron chi connectivity index (χ2n) is 5.79. The van der Waals surface area contributed by atoms with Crippen molar-refractivity contribution in [2.75, 3.05) is 5.32 Å². The van der Waals surface area contributed by atoms with E-state index in [1.165, 1.54) is 5.56 Å². The maximum atomic E-state index is 11.6. The van der Waals surface area contributed by atoms with Crippen LogP contribution in [0, 0.1) is 12.8 Å². The number of benzene rings is 1. The first-order valence-corrected chi connectivity index (χ1v) is 8.10. The van der Waals surface area contributed by atoms with Crippen molar-refractivity contribution in [3.8, 4) is 11.1 Å². The number of carbonyl (C=O) groups excluding carboxylic acids is 1. The Morgan fingerprint density at radius 3 is 2.48 bits per heavy atom. The van der Waals surface area contributed by atoms with E-state index < -0.39 is 0 Å². The van der Waals surface area contributed by atoms with E-state index in [1.807, 2.05) is 5.38 Å². The topological polar surface area (TPSA) is 55.1 Å². The van der Waals surface area contributed by atoms with Gasteiger partial charge < -0.3 is 11.1 Å². The number of hydrogen-bond donors (Lipinski definition) is 2. The average Bonchev–Trinajstić information content (AvgIpc) is 2.86. The summed E-state index contributed by atoms with van der Waals surface area (Å²) in [4.78, 5) is 11.6. The second-order valence-corrected chi connectivity index (χ2v) is 6.54. The summed E-state index contributed by atoms with van der Waals surface area (Å²) in [6.45, 7) is 6.25. The molecule has 0 aliphatic carbocycles. The fraction of sp³-hybridized carbons (Fsp3) is 0.353. The highest BCUT2D eigenvalue weighted by molar-refractivity contribution is 7.08. The first-order chi connectivity index (χ1) is 9.97. The number of thiophene rings is 1. The van der Waals surface area contributed by atoms with E-state index >= 15 is 0 Å². The van der Waals surface area contributed by atoms with Crippen molar-refractivity contribution < 1.29 is 4.79 Å². The summed E-state index contributed by atoms with van der Waals surface area (Å²) in [5, 5.41) is 7.44. The van der Waals surface area contributed by atoms with Gasteiger partial charge in [-0.05, 0) is 24.8 Å². The fourth-order valence-electron chi connectivity index (χ4n) is 2.27. The summed E-state index contributed by atoms with van der Waals surface area (Å²) in [5.41, 5.74) is 10.00. The van der Waals surface area contributed by atoms with Crippen LogP contribution in [0.5, 0.6) is 0 Å². The van der Waals surface area contributed by atoms with Gasteiger partial charge in [0.05, 0.1) is 5.69 Å². The van der Waals surface area contributed by atoms with E-state index in [0.29, 0.717) is 5.92 Å². The fourth-order valence-corrected chi connectivity index (χ4v) is 3.07. The molecule has 1 aromatic heterocycles. The zero-order valence-electron chi connectivity index (χ0n) is 12.7. The summed E-state index contributed by atoms with van der Waals surface area (Å²) in [6, 6.07) is 8.06. The third-order valence-corrected chi connectivity index (χ3v) is 4.15. The standard InChI is InChI=1S/C17H22N2OS/c1-11(2)8-15(17(18)20)19-16-10-21-9-14(16)13-6-4-12(3)5-7-13/h4-7,9-11,15,19H,8H2,1-3H3,(H2,18,20)/t15-/m0/s1. The molecular formula is C17H22N2OS. The largest absolute Gasteiger partial charge is 0.373 e. The van der Waals surface area contributed by atoms with Gasteiger partial charge in [0, 0.05) is 16.3 Å². The molecule has 2 aromatic rings. The van der Waals surface area contributed by atoms with Crippen LogP contribution in [0.25, 0.3) is 11.1 Å². The molecular weight excluding hydrogens is 280 g/mol. The molecule has 2 rings (SSSR count). The van der Waals surface area contributed by atoms with Gasteiger partial charge in [-0.15, -0.1) is 11.3 Å². The molecule has 4 heteroatoms. The summed E-state index contributed by atoms with van der Waals surface area (Å²) in [6.07, 6.45) is 0.735. The SMILES string of the molecule is Cc1ccc(-c2cscc2N[C@@H](CC(C)C)C(N)=O)cc1. The third kappa shape index (κ3) is 4.08. The second kappa shape index (κ2) is 6.76. The molecule has 0 aliphatic rings. The number of hydrogen-bond acceptors (Lipinski definition) is 3. The van der Waals surface area contributed by atoms with Gasteiger partial charge >= 0.3 is 0 Å². The predicted octanol–water partition coefficient (Wildman–Crippen LogP) is 4.04. The Balaban J connectivity index is 2.23. The minimum atomic E-state index is -0.330. The molecule has 0 saturated carbocycles. The Morgan fingerprint density at radius 2 is 1.90 bits per heavy atom. The lowest BCUT2D eigenvalue weighted by molar-refractivity contribution is -0.119. The summed E-state index contributed by atoms with van der Waals surface area (Å²) >= 11 is 1.62. The number of anilines is 1. The molecule has 3 N–H and O–H groups in total. The number of nitrogens with one attached hydrogen (secondary N) is 1. The molecule has 0 radical (unpaired) electrons. The van der Waals surface area contributed by atoms with Gasteiger partial charge in [-0.2, -0.15) is 0 Å². The van der Waals surface area contributed by atoms with Gasteiger partial charge in [-0.25, -0.2) is 0 Å². The zero-order chi connectivity index (χ0) is 15.4. The summed E-state index contributed by atoms with van der Waals surface area (Å²) in [7, 11) is 0. The molecule has 0 fully saturated rings. The zero-order valence-corrected chi connectivity index (χ0v) is 13.5. The quantitative estimate of drug-likeness (QED) is 0.846.